The Labute approximate surface area is 77.1 Å². The number of aromatic amines is 1. The van der Waals surface area contributed by atoms with Gasteiger partial charge in [-0.1, -0.05) is 0 Å². The highest BCUT2D eigenvalue weighted by Crippen LogP contribution is 2.11. The number of pyridine rings is 1. The summed E-state index contributed by atoms with van der Waals surface area (Å²) >= 11 is 3.07. The Hall–Kier alpha value is -1.10. The zero-order chi connectivity index (χ0) is 9.14. The number of nitrogens with one attached hydrogen (secondary N) is 2. The van der Waals surface area contributed by atoms with Crippen molar-refractivity contribution < 1.29 is 4.79 Å². The van der Waals surface area contributed by atoms with Gasteiger partial charge in [0.15, 0.2) is 0 Å². The second-order valence-corrected chi connectivity index (χ2v) is 3.12. The second kappa shape index (κ2) is 3.53. The van der Waals surface area contributed by atoms with Crippen LogP contribution in [-0.4, -0.2) is 11.4 Å². The molecular formula is C7H7BrN2O2. The van der Waals surface area contributed by atoms with Gasteiger partial charge in [-0.15, -0.1) is 0 Å². The minimum atomic E-state index is -0.259. The van der Waals surface area contributed by atoms with Crippen LogP contribution in [0.5, 0.6) is 0 Å². The van der Waals surface area contributed by atoms with E-state index in [1.165, 1.54) is 0 Å². The molecule has 1 aromatic heterocycles. The molecule has 0 radical (unpaired) electrons. The number of aromatic nitrogens is 1. The normalized spacial score (nSPS) is 9.50. The fourth-order valence-electron chi connectivity index (χ4n) is 0.808. The number of carbonyl (C=O) groups excluding carboxylic acids is 1. The number of H-pyrrole nitrogens is 1. The highest BCUT2D eigenvalue weighted by molar-refractivity contribution is 9.10. The van der Waals surface area contributed by atoms with Crippen LogP contribution in [0.1, 0.15) is 5.56 Å². The Kier molecular flexibility index (Phi) is 2.65. The summed E-state index contributed by atoms with van der Waals surface area (Å²) in [6, 6.07) is 1.64. The van der Waals surface area contributed by atoms with Crippen LogP contribution in [0.15, 0.2) is 15.3 Å². The molecule has 0 aromatic carbocycles. The summed E-state index contributed by atoms with van der Waals surface area (Å²) in [7, 11) is 0. The van der Waals surface area contributed by atoms with Crippen molar-refractivity contribution in [1.82, 2.24) is 4.98 Å². The van der Waals surface area contributed by atoms with Gasteiger partial charge in [-0.25, -0.2) is 0 Å². The standard InChI is InChI=1S/C7H7BrN2O2/c1-4-2-5(8)7(12)10-6(4)9-3-11/h2-3H,1H3,(H2,9,10,11,12). The lowest BCUT2D eigenvalue weighted by Gasteiger charge is -2.02. The molecule has 1 rings (SSSR count). The van der Waals surface area contributed by atoms with E-state index in [4.69, 9.17) is 0 Å². The van der Waals surface area contributed by atoms with Crippen molar-refractivity contribution in [3.05, 3.63) is 26.5 Å². The largest absolute Gasteiger partial charge is 0.315 e. The summed E-state index contributed by atoms with van der Waals surface area (Å²) in [6.45, 7) is 1.78. The Bertz CT molecular complexity index is 359. The maximum Gasteiger partial charge on any atom is 0.263 e. The van der Waals surface area contributed by atoms with Gasteiger partial charge in [0.05, 0.1) is 4.47 Å². The van der Waals surface area contributed by atoms with E-state index in [2.05, 4.69) is 26.2 Å². The molecule has 64 valence electrons. The van der Waals surface area contributed by atoms with Gasteiger partial charge in [-0.2, -0.15) is 0 Å². The van der Waals surface area contributed by atoms with Crippen molar-refractivity contribution in [2.45, 2.75) is 6.92 Å². The number of carbonyl (C=O) groups is 1. The van der Waals surface area contributed by atoms with Crippen LogP contribution in [0.2, 0.25) is 0 Å². The van der Waals surface area contributed by atoms with Crippen molar-refractivity contribution in [1.29, 1.82) is 0 Å². The lowest BCUT2D eigenvalue weighted by molar-refractivity contribution is -0.105. The van der Waals surface area contributed by atoms with Crippen LogP contribution in [-0.2, 0) is 4.79 Å². The molecular weight excluding hydrogens is 224 g/mol. The number of rotatable bonds is 2. The Morgan fingerprint density at radius 1 is 1.67 bits per heavy atom. The summed E-state index contributed by atoms with van der Waals surface area (Å²) in [6.07, 6.45) is 0.520. The highest BCUT2D eigenvalue weighted by atomic mass is 79.9. The summed E-state index contributed by atoms with van der Waals surface area (Å²) in [5.41, 5.74) is 0.540. The first-order chi connectivity index (χ1) is 5.65. The molecule has 0 aliphatic heterocycles. The van der Waals surface area contributed by atoms with Gasteiger partial charge >= 0.3 is 0 Å². The van der Waals surface area contributed by atoms with Crippen LogP contribution in [0, 0.1) is 6.92 Å². The lowest BCUT2D eigenvalue weighted by Crippen LogP contribution is -2.11. The first-order valence-electron chi connectivity index (χ1n) is 3.24. The molecule has 5 heteroatoms. The van der Waals surface area contributed by atoms with Gasteiger partial charge in [-0.3, -0.25) is 9.59 Å². The highest BCUT2D eigenvalue weighted by Gasteiger charge is 2.01. The minimum absolute atomic E-state index is 0.259. The predicted molar refractivity (Wildman–Crippen MR) is 49.2 cm³/mol. The van der Waals surface area contributed by atoms with E-state index in [1.54, 1.807) is 13.0 Å². The molecule has 0 bridgehead atoms. The van der Waals surface area contributed by atoms with Crippen LogP contribution in [0.4, 0.5) is 5.82 Å². The second-order valence-electron chi connectivity index (χ2n) is 2.27. The van der Waals surface area contributed by atoms with E-state index in [1.807, 2.05) is 0 Å². The number of anilines is 1. The first-order valence-corrected chi connectivity index (χ1v) is 4.04. The van der Waals surface area contributed by atoms with Crippen LogP contribution in [0.25, 0.3) is 0 Å². The van der Waals surface area contributed by atoms with E-state index in [0.29, 0.717) is 16.7 Å². The monoisotopic (exact) mass is 230 g/mol. The molecule has 1 heterocycles. The summed E-state index contributed by atoms with van der Waals surface area (Å²) < 4.78 is 0.455. The van der Waals surface area contributed by atoms with E-state index in [9.17, 15) is 9.59 Å². The van der Waals surface area contributed by atoms with Gasteiger partial charge in [0.25, 0.3) is 5.56 Å². The van der Waals surface area contributed by atoms with Gasteiger partial charge in [-0.05, 0) is 34.5 Å². The molecule has 0 fully saturated rings. The quantitative estimate of drug-likeness (QED) is 0.746. The Morgan fingerprint density at radius 3 is 2.92 bits per heavy atom. The number of hydrogen-bond donors (Lipinski definition) is 2. The number of halogens is 1. The van der Waals surface area contributed by atoms with Gasteiger partial charge in [0.2, 0.25) is 6.41 Å². The molecule has 2 N–H and O–H groups in total. The molecule has 0 spiro atoms. The Balaban J connectivity index is 3.22. The third-order valence-corrected chi connectivity index (χ3v) is 1.99. The molecule has 0 saturated heterocycles. The van der Waals surface area contributed by atoms with Crippen molar-refractivity contribution in [3.63, 3.8) is 0 Å². The smallest absolute Gasteiger partial charge is 0.263 e. The minimum Gasteiger partial charge on any atom is -0.315 e. The average Bonchev–Trinajstić information content (AvgIpc) is 2.01. The van der Waals surface area contributed by atoms with E-state index in [-0.39, 0.29) is 5.56 Å². The van der Waals surface area contributed by atoms with Crippen molar-refractivity contribution in [2.24, 2.45) is 0 Å². The van der Waals surface area contributed by atoms with E-state index < -0.39 is 0 Å². The molecule has 0 unspecified atom stereocenters. The van der Waals surface area contributed by atoms with Crippen LogP contribution in [0.3, 0.4) is 0 Å². The Morgan fingerprint density at radius 2 is 2.33 bits per heavy atom. The lowest BCUT2D eigenvalue weighted by atomic mass is 10.3. The molecule has 0 saturated carbocycles. The third kappa shape index (κ3) is 1.73. The van der Waals surface area contributed by atoms with Gasteiger partial charge in [0, 0.05) is 0 Å². The number of aryl methyl sites for hydroxylation is 1. The van der Waals surface area contributed by atoms with Crippen molar-refractivity contribution in [2.75, 3.05) is 5.32 Å². The molecule has 1 aromatic rings. The van der Waals surface area contributed by atoms with E-state index >= 15 is 0 Å². The van der Waals surface area contributed by atoms with Gasteiger partial charge in [0.1, 0.15) is 5.82 Å². The first kappa shape index (κ1) is 8.99. The predicted octanol–water partition coefficient (Wildman–Crippen LogP) is 1.01. The SMILES string of the molecule is Cc1cc(Br)c(=O)[nH]c1NC=O. The van der Waals surface area contributed by atoms with Gasteiger partial charge < -0.3 is 10.3 Å². The van der Waals surface area contributed by atoms with Crippen molar-refractivity contribution >= 4 is 28.2 Å². The molecule has 0 atom stereocenters. The zero-order valence-electron chi connectivity index (χ0n) is 6.35. The molecule has 1 amide bonds. The summed E-state index contributed by atoms with van der Waals surface area (Å²) in [5, 5.41) is 2.39. The summed E-state index contributed by atoms with van der Waals surface area (Å²) in [4.78, 5) is 23.6. The van der Waals surface area contributed by atoms with E-state index in [0.717, 1.165) is 5.56 Å². The topological polar surface area (TPSA) is 62.0 Å². The fourth-order valence-corrected chi connectivity index (χ4v) is 1.25. The number of amides is 1. The summed E-state index contributed by atoms with van der Waals surface area (Å²) in [5.74, 6) is 0.429. The molecule has 12 heavy (non-hydrogen) atoms. The molecule has 4 nitrogen and oxygen atoms in total. The van der Waals surface area contributed by atoms with Crippen LogP contribution < -0.4 is 10.9 Å². The van der Waals surface area contributed by atoms with Crippen LogP contribution >= 0.6 is 15.9 Å². The molecule has 0 aliphatic carbocycles. The molecule has 0 aliphatic rings. The average molecular weight is 231 g/mol. The third-order valence-electron chi connectivity index (χ3n) is 1.40. The maximum absolute atomic E-state index is 11.0. The maximum atomic E-state index is 11.0. The van der Waals surface area contributed by atoms with Crippen molar-refractivity contribution in [3.8, 4) is 0 Å². The fraction of sp³-hybridized carbons (Fsp3) is 0.143. The number of hydrogen-bond acceptors (Lipinski definition) is 2. The zero-order valence-corrected chi connectivity index (χ0v) is 7.94.